The Kier molecular flexibility index (Phi) is 8.99. The summed E-state index contributed by atoms with van der Waals surface area (Å²) in [7, 11) is -3.45. The van der Waals surface area contributed by atoms with E-state index in [2.05, 4.69) is 20.3 Å². The second-order valence-corrected chi connectivity index (χ2v) is 8.90. The molecule has 1 aliphatic heterocycles. The number of fused-ring (bicyclic) bond motifs is 1. The molecule has 2 aromatic rings. The molecule has 1 aliphatic rings. The van der Waals surface area contributed by atoms with Crippen LogP contribution >= 0.6 is 35.3 Å². The number of hydrogen-bond donors (Lipinski definition) is 3. The molecule has 1 aromatic carbocycles. The van der Waals surface area contributed by atoms with E-state index in [1.54, 1.807) is 17.5 Å². The van der Waals surface area contributed by atoms with Crippen LogP contribution in [0, 0.1) is 0 Å². The Hall–Kier alpha value is -1.37. The lowest BCUT2D eigenvalue weighted by Gasteiger charge is -2.28. The standard InChI is InChI=1S/C18H24N4O3S2.HI/c1-2-19-18(20-10-11-21-27(23,24)17-8-5-13-26-17)22-15-9-12-25-16-7-4-3-6-14(15)16;/h3-8,13,15,21H,2,9-12H2,1H3,(H2,19,20,22);1H. The highest BCUT2D eigenvalue weighted by molar-refractivity contribution is 14.0. The number of para-hydroxylation sites is 1. The molecular weight excluding hydrogens is 511 g/mol. The van der Waals surface area contributed by atoms with Crippen LogP contribution in [0.3, 0.4) is 0 Å². The van der Waals surface area contributed by atoms with Crippen molar-refractivity contribution in [3.05, 3.63) is 47.3 Å². The summed E-state index contributed by atoms with van der Waals surface area (Å²) in [5.41, 5.74) is 1.10. The number of ether oxygens (including phenoxy) is 1. The first-order valence-corrected chi connectivity index (χ1v) is 11.3. The zero-order valence-electron chi connectivity index (χ0n) is 15.6. The predicted molar refractivity (Wildman–Crippen MR) is 123 cm³/mol. The lowest BCUT2D eigenvalue weighted by molar-refractivity contribution is 0.261. The topological polar surface area (TPSA) is 91.8 Å². The molecule has 1 unspecified atom stereocenters. The molecule has 0 fully saturated rings. The number of sulfonamides is 1. The molecular formula is C18H25IN4O3S2. The Labute approximate surface area is 187 Å². The van der Waals surface area contributed by atoms with Gasteiger partial charge in [0.25, 0.3) is 0 Å². The summed E-state index contributed by atoms with van der Waals surface area (Å²) in [6, 6.07) is 11.4. The molecule has 0 amide bonds. The van der Waals surface area contributed by atoms with E-state index in [0.29, 0.717) is 23.3 Å². The van der Waals surface area contributed by atoms with Crippen molar-refractivity contribution in [1.82, 2.24) is 15.4 Å². The SMILES string of the molecule is CCNC(=NCCNS(=O)(=O)c1cccs1)NC1CCOc2ccccc21.I. The number of nitrogens with zero attached hydrogens (tertiary/aromatic N) is 1. The zero-order chi connectivity index (χ0) is 19.1. The van der Waals surface area contributed by atoms with Gasteiger partial charge < -0.3 is 15.4 Å². The number of benzene rings is 1. The average molecular weight is 536 g/mol. The minimum Gasteiger partial charge on any atom is -0.493 e. The summed E-state index contributed by atoms with van der Waals surface area (Å²) in [4.78, 5) is 4.49. The third kappa shape index (κ3) is 6.06. The normalized spacial score (nSPS) is 16.5. The van der Waals surface area contributed by atoms with Gasteiger partial charge in [-0.15, -0.1) is 35.3 Å². The average Bonchev–Trinajstić information content (AvgIpc) is 3.21. The fraction of sp³-hybridized carbons (Fsp3) is 0.389. The van der Waals surface area contributed by atoms with Gasteiger partial charge >= 0.3 is 0 Å². The molecule has 28 heavy (non-hydrogen) atoms. The maximum Gasteiger partial charge on any atom is 0.250 e. The monoisotopic (exact) mass is 536 g/mol. The summed E-state index contributed by atoms with van der Waals surface area (Å²) in [6.45, 7) is 3.94. The summed E-state index contributed by atoms with van der Waals surface area (Å²) in [6.07, 6.45) is 0.840. The van der Waals surface area contributed by atoms with Gasteiger partial charge in [0.2, 0.25) is 10.0 Å². The maximum atomic E-state index is 12.1. The number of nitrogens with one attached hydrogen (secondary N) is 3. The Morgan fingerprint density at radius 3 is 2.86 bits per heavy atom. The molecule has 1 atom stereocenters. The van der Waals surface area contributed by atoms with Gasteiger partial charge in [0.15, 0.2) is 5.96 Å². The molecule has 0 saturated carbocycles. The van der Waals surface area contributed by atoms with E-state index in [1.165, 1.54) is 11.3 Å². The van der Waals surface area contributed by atoms with Gasteiger partial charge in [0.1, 0.15) is 9.96 Å². The first kappa shape index (κ1) is 22.9. The number of halogens is 1. The van der Waals surface area contributed by atoms with E-state index in [0.717, 1.165) is 24.3 Å². The molecule has 0 radical (unpaired) electrons. The second kappa shape index (κ2) is 11.0. The number of guanidine groups is 1. The minimum atomic E-state index is -3.45. The van der Waals surface area contributed by atoms with Crippen LogP contribution < -0.4 is 20.1 Å². The van der Waals surface area contributed by atoms with Gasteiger partial charge in [-0.2, -0.15) is 0 Å². The predicted octanol–water partition coefficient (Wildman–Crippen LogP) is 2.72. The summed E-state index contributed by atoms with van der Waals surface area (Å²) < 4.78 is 32.8. The summed E-state index contributed by atoms with van der Waals surface area (Å²) in [5, 5.41) is 8.37. The number of hydrogen-bond acceptors (Lipinski definition) is 5. The summed E-state index contributed by atoms with van der Waals surface area (Å²) >= 11 is 1.20. The van der Waals surface area contributed by atoms with E-state index in [-0.39, 0.29) is 36.6 Å². The molecule has 1 aromatic heterocycles. The minimum absolute atomic E-state index is 0. The molecule has 0 spiro atoms. The van der Waals surface area contributed by atoms with Crippen LogP contribution in [0.25, 0.3) is 0 Å². The molecule has 3 N–H and O–H groups in total. The van der Waals surface area contributed by atoms with E-state index in [4.69, 9.17) is 4.74 Å². The molecule has 2 heterocycles. The first-order valence-electron chi connectivity index (χ1n) is 8.90. The van der Waals surface area contributed by atoms with Crippen LogP contribution in [0.2, 0.25) is 0 Å². The fourth-order valence-electron chi connectivity index (χ4n) is 2.81. The van der Waals surface area contributed by atoms with Crippen LogP contribution in [0.5, 0.6) is 5.75 Å². The van der Waals surface area contributed by atoms with Crippen molar-refractivity contribution in [2.45, 2.75) is 23.6 Å². The molecule has 154 valence electrons. The molecule has 0 bridgehead atoms. The zero-order valence-corrected chi connectivity index (χ0v) is 19.5. The lowest BCUT2D eigenvalue weighted by atomic mass is 10.0. The van der Waals surface area contributed by atoms with Crippen molar-refractivity contribution in [3.63, 3.8) is 0 Å². The van der Waals surface area contributed by atoms with E-state index >= 15 is 0 Å². The van der Waals surface area contributed by atoms with Crippen LogP contribution in [0.4, 0.5) is 0 Å². The Balaban J connectivity index is 0.00000280. The van der Waals surface area contributed by atoms with Gasteiger partial charge in [-0.3, -0.25) is 4.99 Å². The van der Waals surface area contributed by atoms with Crippen molar-refractivity contribution in [2.24, 2.45) is 4.99 Å². The quantitative estimate of drug-likeness (QED) is 0.219. The fourth-order valence-corrected chi connectivity index (χ4v) is 4.87. The van der Waals surface area contributed by atoms with Crippen LogP contribution in [-0.4, -0.2) is 40.6 Å². The van der Waals surface area contributed by atoms with Gasteiger partial charge in [-0.25, -0.2) is 13.1 Å². The van der Waals surface area contributed by atoms with E-state index in [9.17, 15) is 8.42 Å². The Morgan fingerprint density at radius 2 is 2.11 bits per heavy atom. The number of aliphatic imine (C=N–C) groups is 1. The highest BCUT2D eigenvalue weighted by Crippen LogP contribution is 2.31. The van der Waals surface area contributed by atoms with Crippen molar-refractivity contribution in [1.29, 1.82) is 0 Å². The van der Waals surface area contributed by atoms with Crippen LogP contribution in [0.15, 0.2) is 51.0 Å². The van der Waals surface area contributed by atoms with E-state index in [1.807, 2.05) is 31.2 Å². The van der Waals surface area contributed by atoms with Crippen molar-refractivity contribution < 1.29 is 13.2 Å². The smallest absolute Gasteiger partial charge is 0.250 e. The number of thiophene rings is 1. The van der Waals surface area contributed by atoms with Crippen LogP contribution in [0.1, 0.15) is 24.9 Å². The highest BCUT2D eigenvalue weighted by atomic mass is 127. The van der Waals surface area contributed by atoms with Gasteiger partial charge in [0, 0.05) is 25.1 Å². The third-order valence-corrected chi connectivity index (χ3v) is 6.91. The molecule has 10 heteroatoms. The molecule has 0 saturated heterocycles. The second-order valence-electron chi connectivity index (χ2n) is 5.96. The highest BCUT2D eigenvalue weighted by Gasteiger charge is 2.21. The Bertz CT molecular complexity index is 873. The first-order chi connectivity index (χ1) is 13.1. The lowest BCUT2D eigenvalue weighted by Crippen LogP contribution is -2.41. The van der Waals surface area contributed by atoms with Gasteiger partial charge in [-0.05, 0) is 24.4 Å². The van der Waals surface area contributed by atoms with E-state index < -0.39 is 10.0 Å². The van der Waals surface area contributed by atoms with Crippen molar-refractivity contribution >= 4 is 51.3 Å². The maximum absolute atomic E-state index is 12.1. The molecule has 0 aliphatic carbocycles. The Morgan fingerprint density at radius 1 is 1.29 bits per heavy atom. The molecule has 3 rings (SSSR count). The third-order valence-electron chi connectivity index (χ3n) is 4.05. The number of rotatable bonds is 7. The van der Waals surface area contributed by atoms with Gasteiger partial charge in [-0.1, -0.05) is 24.3 Å². The molecule has 7 nitrogen and oxygen atoms in total. The van der Waals surface area contributed by atoms with Crippen molar-refractivity contribution in [3.8, 4) is 5.75 Å². The van der Waals surface area contributed by atoms with Crippen molar-refractivity contribution in [2.75, 3.05) is 26.2 Å². The van der Waals surface area contributed by atoms with Crippen LogP contribution in [-0.2, 0) is 10.0 Å². The summed E-state index contributed by atoms with van der Waals surface area (Å²) in [5.74, 6) is 1.55. The van der Waals surface area contributed by atoms with Gasteiger partial charge in [0.05, 0.1) is 19.2 Å². The largest absolute Gasteiger partial charge is 0.493 e.